The van der Waals surface area contributed by atoms with Crippen molar-refractivity contribution >= 4 is 28.8 Å². The Labute approximate surface area is 131 Å². The molecule has 0 aliphatic heterocycles. The summed E-state index contributed by atoms with van der Waals surface area (Å²) in [6.07, 6.45) is 3.02. The maximum atomic E-state index is 13.0. The van der Waals surface area contributed by atoms with Crippen LogP contribution in [-0.4, -0.2) is 14.6 Å². The number of aromatic nitrogens is 3. The van der Waals surface area contributed by atoms with E-state index in [0.717, 1.165) is 17.5 Å². The molecule has 0 aliphatic rings. The molecule has 0 unspecified atom stereocenters. The highest BCUT2D eigenvalue weighted by atomic mass is 35.5. The summed E-state index contributed by atoms with van der Waals surface area (Å²) in [5.74, 6) is -0.274. The van der Waals surface area contributed by atoms with Crippen LogP contribution < -0.4 is 0 Å². The summed E-state index contributed by atoms with van der Waals surface area (Å²) in [7, 11) is 0. The second-order valence-corrected chi connectivity index (χ2v) is 5.45. The highest BCUT2D eigenvalue weighted by molar-refractivity contribution is 6.35. The summed E-state index contributed by atoms with van der Waals surface area (Å²) in [6.45, 7) is 2.02. The first-order chi connectivity index (χ1) is 10.1. The van der Waals surface area contributed by atoms with Gasteiger partial charge in [0.2, 0.25) is 0 Å². The maximum Gasteiger partial charge on any atom is 0.161 e. The number of nitrogens with zero attached hydrogens (tertiary/aromatic N) is 3. The van der Waals surface area contributed by atoms with Crippen molar-refractivity contribution in [1.82, 2.24) is 14.6 Å². The van der Waals surface area contributed by atoms with Gasteiger partial charge in [-0.2, -0.15) is 5.10 Å². The number of hydrogen-bond donors (Lipinski definition) is 0. The molecule has 0 spiro atoms. The lowest BCUT2D eigenvalue weighted by atomic mass is 10.1. The maximum absolute atomic E-state index is 13.0. The van der Waals surface area contributed by atoms with E-state index in [-0.39, 0.29) is 5.82 Å². The summed E-state index contributed by atoms with van der Waals surface area (Å²) >= 11 is 12.7. The van der Waals surface area contributed by atoms with Gasteiger partial charge in [0, 0.05) is 17.5 Å². The molecule has 0 saturated carbocycles. The monoisotopic (exact) mass is 323 g/mol. The van der Waals surface area contributed by atoms with Crippen LogP contribution in [0.2, 0.25) is 10.3 Å². The van der Waals surface area contributed by atoms with Crippen LogP contribution in [0.4, 0.5) is 4.39 Å². The second kappa shape index (κ2) is 5.62. The number of benzene rings is 1. The third-order valence-corrected chi connectivity index (χ3v) is 4.08. The molecule has 0 bridgehead atoms. The van der Waals surface area contributed by atoms with E-state index in [1.165, 1.54) is 12.1 Å². The van der Waals surface area contributed by atoms with Crippen molar-refractivity contribution in [3.05, 3.63) is 63.3 Å². The van der Waals surface area contributed by atoms with E-state index >= 15 is 0 Å². The average molecular weight is 324 g/mol. The van der Waals surface area contributed by atoms with Gasteiger partial charge < -0.3 is 0 Å². The summed E-state index contributed by atoms with van der Waals surface area (Å²) in [6, 6.07) is 6.22. The van der Waals surface area contributed by atoms with Crippen LogP contribution in [0.15, 0.2) is 30.5 Å². The molecular weight excluding hydrogens is 312 g/mol. The Kier molecular flexibility index (Phi) is 3.83. The molecule has 0 aliphatic carbocycles. The Balaban J connectivity index is 2.08. The van der Waals surface area contributed by atoms with Crippen molar-refractivity contribution in [1.29, 1.82) is 0 Å². The number of hydrogen-bond acceptors (Lipinski definition) is 2. The molecule has 6 heteroatoms. The molecule has 108 valence electrons. The van der Waals surface area contributed by atoms with Crippen LogP contribution in [-0.2, 0) is 12.8 Å². The molecule has 0 atom stereocenters. The molecule has 3 rings (SSSR count). The zero-order chi connectivity index (χ0) is 15.0. The van der Waals surface area contributed by atoms with Gasteiger partial charge in [0.25, 0.3) is 0 Å². The summed E-state index contributed by atoms with van der Waals surface area (Å²) < 4.78 is 14.5. The largest absolute Gasteiger partial charge is 0.216 e. The summed E-state index contributed by atoms with van der Waals surface area (Å²) in [4.78, 5) is 4.39. The topological polar surface area (TPSA) is 30.2 Å². The fourth-order valence-electron chi connectivity index (χ4n) is 2.21. The van der Waals surface area contributed by atoms with Crippen LogP contribution in [0.3, 0.4) is 0 Å². The van der Waals surface area contributed by atoms with Crippen molar-refractivity contribution in [2.24, 2.45) is 0 Å². The minimum absolute atomic E-state index is 0.274. The lowest BCUT2D eigenvalue weighted by Crippen LogP contribution is -2.02. The molecule has 0 N–H and O–H groups in total. The first-order valence-electron chi connectivity index (χ1n) is 6.55. The van der Waals surface area contributed by atoms with E-state index in [4.69, 9.17) is 23.2 Å². The predicted octanol–water partition coefficient (Wildman–Crippen LogP) is 4.33. The Bertz CT molecular complexity index is 797. The molecule has 0 saturated heterocycles. The van der Waals surface area contributed by atoms with E-state index < -0.39 is 0 Å². The van der Waals surface area contributed by atoms with Crippen LogP contribution in [0.1, 0.15) is 23.6 Å². The highest BCUT2D eigenvalue weighted by Gasteiger charge is 2.16. The van der Waals surface area contributed by atoms with E-state index in [0.29, 0.717) is 27.9 Å². The number of fused-ring (bicyclic) bond motifs is 1. The first-order valence-corrected chi connectivity index (χ1v) is 7.30. The van der Waals surface area contributed by atoms with Gasteiger partial charge in [0.15, 0.2) is 5.65 Å². The lowest BCUT2D eigenvalue weighted by molar-refractivity contribution is 0.627. The van der Waals surface area contributed by atoms with E-state index in [2.05, 4.69) is 10.1 Å². The molecule has 3 aromatic rings. The summed E-state index contributed by atoms with van der Waals surface area (Å²) in [5, 5.41) is 5.04. The zero-order valence-corrected chi connectivity index (χ0v) is 12.8. The Morgan fingerprint density at radius 3 is 2.57 bits per heavy atom. The van der Waals surface area contributed by atoms with Gasteiger partial charge in [0.1, 0.15) is 16.1 Å². The Hall–Kier alpha value is -1.65. The van der Waals surface area contributed by atoms with Crippen molar-refractivity contribution in [3.63, 3.8) is 0 Å². The van der Waals surface area contributed by atoms with E-state index in [9.17, 15) is 4.39 Å². The van der Waals surface area contributed by atoms with Crippen molar-refractivity contribution in [2.45, 2.75) is 19.8 Å². The third kappa shape index (κ3) is 2.61. The average Bonchev–Trinajstić information content (AvgIpc) is 2.88. The molecule has 2 aromatic heterocycles. The van der Waals surface area contributed by atoms with Gasteiger partial charge in [-0.3, -0.25) is 0 Å². The Morgan fingerprint density at radius 1 is 1.19 bits per heavy atom. The normalized spacial score (nSPS) is 11.2. The minimum atomic E-state index is -0.274. The van der Waals surface area contributed by atoms with Gasteiger partial charge in [-0.25, -0.2) is 13.9 Å². The van der Waals surface area contributed by atoms with E-state index in [1.54, 1.807) is 22.8 Å². The summed E-state index contributed by atoms with van der Waals surface area (Å²) in [5.41, 5.74) is 3.26. The molecule has 1 aromatic carbocycles. The van der Waals surface area contributed by atoms with Crippen LogP contribution in [0.25, 0.3) is 5.65 Å². The molecule has 0 amide bonds. The third-order valence-electron chi connectivity index (χ3n) is 3.38. The van der Waals surface area contributed by atoms with Gasteiger partial charge in [0.05, 0.1) is 6.20 Å². The smallest absolute Gasteiger partial charge is 0.161 e. The minimum Gasteiger partial charge on any atom is -0.216 e. The molecular formula is C15H12Cl2FN3. The number of halogens is 3. The van der Waals surface area contributed by atoms with Crippen molar-refractivity contribution < 1.29 is 4.39 Å². The van der Waals surface area contributed by atoms with Crippen LogP contribution in [0.5, 0.6) is 0 Å². The molecule has 0 fully saturated rings. The quantitative estimate of drug-likeness (QED) is 0.671. The fraction of sp³-hybridized carbons (Fsp3) is 0.200. The van der Waals surface area contributed by atoms with Gasteiger partial charge in [-0.1, -0.05) is 42.3 Å². The standard InChI is InChI=1S/C15H12Cl2FN3/c1-2-10-8-19-21-14(17)12(13(16)20-15(10)21)7-9-3-5-11(18)6-4-9/h3-6,8H,2,7H2,1H3. The SMILES string of the molecule is CCc1cnn2c(Cl)c(Cc3ccc(F)cc3)c(Cl)nc12. The van der Waals surface area contributed by atoms with Crippen molar-refractivity contribution in [3.8, 4) is 0 Å². The lowest BCUT2D eigenvalue weighted by Gasteiger charge is -2.09. The highest BCUT2D eigenvalue weighted by Crippen LogP contribution is 2.27. The van der Waals surface area contributed by atoms with Crippen molar-refractivity contribution in [2.75, 3.05) is 0 Å². The molecule has 0 radical (unpaired) electrons. The van der Waals surface area contributed by atoms with E-state index in [1.807, 2.05) is 6.92 Å². The van der Waals surface area contributed by atoms with Crippen LogP contribution >= 0.6 is 23.2 Å². The second-order valence-electron chi connectivity index (χ2n) is 4.73. The van der Waals surface area contributed by atoms with Gasteiger partial charge >= 0.3 is 0 Å². The number of rotatable bonds is 3. The number of aryl methyl sites for hydroxylation is 1. The predicted molar refractivity (Wildman–Crippen MR) is 81.6 cm³/mol. The van der Waals surface area contributed by atoms with Gasteiger partial charge in [-0.15, -0.1) is 0 Å². The Morgan fingerprint density at radius 2 is 1.90 bits per heavy atom. The zero-order valence-electron chi connectivity index (χ0n) is 11.3. The molecule has 2 heterocycles. The van der Waals surface area contributed by atoms with Crippen LogP contribution in [0, 0.1) is 5.82 Å². The molecule has 3 nitrogen and oxygen atoms in total. The fourth-order valence-corrected chi connectivity index (χ4v) is 2.78. The van der Waals surface area contributed by atoms with Gasteiger partial charge in [-0.05, 0) is 24.1 Å². The molecule has 21 heavy (non-hydrogen) atoms. The first kappa shape index (κ1) is 14.3.